The normalized spacial score (nSPS) is 10.5. The maximum atomic E-state index is 11.0. The first-order valence-corrected chi connectivity index (χ1v) is 6.10. The molecule has 7 nitrogen and oxygen atoms in total. The van der Waals surface area contributed by atoms with Crippen molar-refractivity contribution in [3.05, 3.63) is 52.1 Å². The van der Waals surface area contributed by atoms with Gasteiger partial charge in [-0.2, -0.15) is 0 Å². The summed E-state index contributed by atoms with van der Waals surface area (Å²) in [5.41, 5.74) is 1.72. The Morgan fingerprint density at radius 2 is 2.30 bits per heavy atom. The van der Waals surface area contributed by atoms with Crippen LogP contribution in [-0.4, -0.2) is 28.6 Å². The van der Waals surface area contributed by atoms with Gasteiger partial charge in [-0.05, 0) is 18.7 Å². The summed E-state index contributed by atoms with van der Waals surface area (Å²) in [5.74, 6) is 0.264. The Kier molecular flexibility index (Phi) is 4.31. The van der Waals surface area contributed by atoms with Gasteiger partial charge < -0.3 is 14.6 Å². The van der Waals surface area contributed by atoms with Crippen molar-refractivity contribution in [1.29, 1.82) is 0 Å². The number of hydrogen-bond donors (Lipinski definition) is 1. The quantitative estimate of drug-likeness (QED) is 0.639. The van der Waals surface area contributed by atoms with E-state index in [0.29, 0.717) is 13.1 Å². The molecular weight excluding hydrogens is 260 g/mol. The number of hydrogen-bond acceptors (Lipinski definition) is 5. The molecule has 7 heteroatoms. The van der Waals surface area contributed by atoms with Gasteiger partial charge in [0.25, 0.3) is 0 Å². The zero-order valence-corrected chi connectivity index (χ0v) is 11.4. The van der Waals surface area contributed by atoms with Crippen LogP contribution in [0.4, 0.5) is 5.69 Å². The van der Waals surface area contributed by atoms with Crippen LogP contribution in [0.3, 0.4) is 0 Å². The zero-order chi connectivity index (χ0) is 14.5. The van der Waals surface area contributed by atoms with Gasteiger partial charge in [-0.3, -0.25) is 10.1 Å². The fourth-order valence-electron chi connectivity index (χ4n) is 1.95. The van der Waals surface area contributed by atoms with Crippen molar-refractivity contribution >= 4 is 5.69 Å². The van der Waals surface area contributed by atoms with E-state index in [1.807, 2.05) is 23.9 Å². The summed E-state index contributed by atoms with van der Waals surface area (Å²) in [5, 5.41) is 14.0. The van der Waals surface area contributed by atoms with Gasteiger partial charge in [-0.25, -0.2) is 4.98 Å². The predicted octanol–water partition coefficient (Wildman–Crippen LogP) is 1.57. The van der Waals surface area contributed by atoms with Crippen LogP contribution in [0.15, 0.2) is 30.7 Å². The van der Waals surface area contributed by atoms with Gasteiger partial charge in [0.1, 0.15) is 0 Å². The molecule has 1 heterocycles. The summed E-state index contributed by atoms with van der Waals surface area (Å²) in [4.78, 5) is 14.8. The Morgan fingerprint density at radius 3 is 2.95 bits per heavy atom. The maximum Gasteiger partial charge on any atom is 0.311 e. The monoisotopic (exact) mass is 276 g/mol. The highest BCUT2D eigenvalue weighted by Gasteiger charge is 2.15. The topological polar surface area (TPSA) is 82.2 Å². The number of benzene rings is 1. The van der Waals surface area contributed by atoms with E-state index >= 15 is 0 Å². The fourth-order valence-corrected chi connectivity index (χ4v) is 1.95. The smallest absolute Gasteiger partial charge is 0.311 e. The van der Waals surface area contributed by atoms with Crippen LogP contribution < -0.4 is 10.1 Å². The van der Waals surface area contributed by atoms with Crippen molar-refractivity contribution in [2.45, 2.75) is 13.1 Å². The largest absolute Gasteiger partial charge is 0.490 e. The Hall–Kier alpha value is -2.41. The molecule has 0 amide bonds. The Labute approximate surface area is 116 Å². The van der Waals surface area contributed by atoms with Gasteiger partial charge in [-0.15, -0.1) is 0 Å². The third kappa shape index (κ3) is 3.12. The number of nitrogens with zero attached hydrogens (tertiary/aromatic N) is 3. The third-order valence-electron chi connectivity index (χ3n) is 2.85. The molecule has 0 spiro atoms. The third-order valence-corrected chi connectivity index (χ3v) is 2.85. The first-order chi connectivity index (χ1) is 9.63. The number of methoxy groups -OCH3 is 1. The molecule has 1 N–H and O–H groups in total. The van der Waals surface area contributed by atoms with E-state index in [-0.39, 0.29) is 11.4 Å². The summed E-state index contributed by atoms with van der Waals surface area (Å²) in [6.45, 7) is 1.22. The lowest BCUT2D eigenvalue weighted by atomic mass is 10.2. The van der Waals surface area contributed by atoms with Crippen molar-refractivity contribution < 1.29 is 9.66 Å². The SMILES string of the molecule is CNCc1cn(Cc2ccc(OC)c([N+](=O)[O-])c2)cn1. The van der Waals surface area contributed by atoms with Crippen LogP contribution in [0.5, 0.6) is 5.75 Å². The summed E-state index contributed by atoms with van der Waals surface area (Å²) < 4.78 is 6.87. The summed E-state index contributed by atoms with van der Waals surface area (Å²) in [6, 6.07) is 4.94. The van der Waals surface area contributed by atoms with Crippen molar-refractivity contribution in [3.8, 4) is 5.75 Å². The standard InChI is InChI=1S/C13H16N4O3/c1-14-6-11-8-16(9-15-11)7-10-3-4-13(20-2)12(5-10)17(18)19/h3-5,8-9,14H,6-7H2,1-2H3. The molecular formula is C13H16N4O3. The van der Waals surface area contributed by atoms with Crippen LogP contribution in [0.25, 0.3) is 0 Å². The van der Waals surface area contributed by atoms with E-state index in [1.54, 1.807) is 12.4 Å². The molecule has 0 radical (unpaired) electrons. The molecule has 0 aliphatic heterocycles. The highest BCUT2D eigenvalue weighted by atomic mass is 16.6. The molecule has 0 unspecified atom stereocenters. The molecule has 0 saturated heterocycles. The molecule has 1 aromatic heterocycles. The highest BCUT2D eigenvalue weighted by Crippen LogP contribution is 2.27. The van der Waals surface area contributed by atoms with E-state index in [9.17, 15) is 10.1 Å². The number of imidazole rings is 1. The number of rotatable bonds is 6. The van der Waals surface area contributed by atoms with Crippen molar-refractivity contribution in [3.63, 3.8) is 0 Å². The summed E-state index contributed by atoms with van der Waals surface area (Å²) in [7, 11) is 3.27. The Bertz CT molecular complexity index is 609. The number of aromatic nitrogens is 2. The van der Waals surface area contributed by atoms with Crippen LogP contribution in [0.2, 0.25) is 0 Å². The minimum absolute atomic E-state index is 0.0273. The number of ether oxygens (including phenoxy) is 1. The minimum Gasteiger partial charge on any atom is -0.490 e. The van der Waals surface area contributed by atoms with Gasteiger partial charge in [0.05, 0.1) is 24.1 Å². The van der Waals surface area contributed by atoms with Crippen molar-refractivity contribution in [2.75, 3.05) is 14.2 Å². The summed E-state index contributed by atoms with van der Waals surface area (Å²) >= 11 is 0. The highest BCUT2D eigenvalue weighted by molar-refractivity contribution is 5.48. The van der Waals surface area contributed by atoms with Crippen LogP contribution >= 0.6 is 0 Å². The number of nitro groups is 1. The molecule has 0 fully saturated rings. The van der Waals surface area contributed by atoms with E-state index < -0.39 is 4.92 Å². The van der Waals surface area contributed by atoms with Crippen molar-refractivity contribution in [1.82, 2.24) is 14.9 Å². The van der Waals surface area contributed by atoms with Gasteiger partial charge in [0, 0.05) is 25.4 Å². The lowest BCUT2D eigenvalue weighted by molar-refractivity contribution is -0.385. The van der Waals surface area contributed by atoms with E-state index in [2.05, 4.69) is 10.3 Å². The van der Waals surface area contributed by atoms with Crippen LogP contribution in [-0.2, 0) is 13.1 Å². The van der Waals surface area contributed by atoms with Crippen LogP contribution in [0, 0.1) is 10.1 Å². The van der Waals surface area contributed by atoms with Crippen LogP contribution in [0.1, 0.15) is 11.3 Å². The molecule has 106 valence electrons. The average Bonchev–Trinajstić information content (AvgIpc) is 2.86. The first kappa shape index (κ1) is 14.0. The second-order valence-electron chi connectivity index (χ2n) is 4.33. The molecule has 0 aliphatic rings. The molecule has 2 rings (SSSR count). The first-order valence-electron chi connectivity index (χ1n) is 6.10. The zero-order valence-electron chi connectivity index (χ0n) is 11.4. The summed E-state index contributed by atoms with van der Waals surface area (Å²) in [6.07, 6.45) is 3.62. The van der Waals surface area contributed by atoms with Gasteiger partial charge >= 0.3 is 5.69 Å². The molecule has 2 aromatic rings. The maximum absolute atomic E-state index is 11.0. The molecule has 0 bridgehead atoms. The Balaban J connectivity index is 2.20. The molecule has 20 heavy (non-hydrogen) atoms. The lowest BCUT2D eigenvalue weighted by Crippen LogP contribution is -2.05. The van der Waals surface area contributed by atoms with Crippen molar-refractivity contribution in [2.24, 2.45) is 0 Å². The second-order valence-corrected chi connectivity index (χ2v) is 4.33. The second kappa shape index (κ2) is 6.16. The predicted molar refractivity (Wildman–Crippen MR) is 73.7 cm³/mol. The van der Waals surface area contributed by atoms with Gasteiger partial charge in [0.15, 0.2) is 5.75 Å². The minimum atomic E-state index is -0.442. The van der Waals surface area contributed by atoms with E-state index in [0.717, 1.165) is 11.3 Å². The molecule has 0 saturated carbocycles. The number of nitrogens with one attached hydrogen (secondary N) is 1. The lowest BCUT2D eigenvalue weighted by Gasteiger charge is -2.05. The fraction of sp³-hybridized carbons (Fsp3) is 0.308. The number of nitro benzene ring substituents is 1. The van der Waals surface area contributed by atoms with Gasteiger partial charge in [0.2, 0.25) is 0 Å². The average molecular weight is 276 g/mol. The molecule has 0 atom stereocenters. The molecule has 1 aromatic carbocycles. The van der Waals surface area contributed by atoms with Gasteiger partial charge in [-0.1, -0.05) is 6.07 Å². The molecule has 0 aliphatic carbocycles. The van der Waals surface area contributed by atoms with E-state index in [4.69, 9.17) is 4.74 Å². The van der Waals surface area contributed by atoms with E-state index in [1.165, 1.54) is 13.2 Å². The Morgan fingerprint density at radius 1 is 1.50 bits per heavy atom.